The Morgan fingerprint density at radius 1 is 1.33 bits per heavy atom. The zero-order valence-electron chi connectivity index (χ0n) is 10.9. The third-order valence-corrected chi connectivity index (χ3v) is 4.46. The van der Waals surface area contributed by atoms with Crippen LogP contribution in [0.4, 0.5) is 0 Å². The Hall–Kier alpha value is -0.900. The number of hydrogen-bond acceptors (Lipinski definition) is 3. The van der Waals surface area contributed by atoms with Gasteiger partial charge in [0.05, 0.1) is 18.8 Å². The lowest BCUT2D eigenvalue weighted by Crippen LogP contribution is -2.41. The molecule has 1 aromatic carbocycles. The van der Waals surface area contributed by atoms with Crippen molar-refractivity contribution >= 4 is 0 Å². The molecule has 0 aromatic heterocycles. The molecule has 3 rings (SSSR count). The van der Waals surface area contributed by atoms with Crippen LogP contribution in [0.3, 0.4) is 0 Å². The summed E-state index contributed by atoms with van der Waals surface area (Å²) in [5, 5.41) is 0. The Kier molecular flexibility index (Phi) is 3.14. The first-order chi connectivity index (χ1) is 8.72. The van der Waals surface area contributed by atoms with Crippen molar-refractivity contribution in [2.24, 2.45) is 5.73 Å². The van der Waals surface area contributed by atoms with Crippen LogP contribution in [0.15, 0.2) is 18.2 Å². The van der Waals surface area contributed by atoms with E-state index >= 15 is 0 Å². The Labute approximate surface area is 108 Å². The van der Waals surface area contributed by atoms with E-state index in [4.69, 9.17) is 15.2 Å². The number of rotatable bonds is 4. The first-order valence-electron chi connectivity index (χ1n) is 6.73. The van der Waals surface area contributed by atoms with Gasteiger partial charge in [-0.3, -0.25) is 0 Å². The molecule has 0 saturated heterocycles. The normalized spacial score (nSPS) is 22.3. The molecule has 98 valence electrons. The van der Waals surface area contributed by atoms with E-state index < -0.39 is 0 Å². The standard InChI is InChI=1S/C15H21NO2/c1-17-15(5-2-6-15)8-14(16)11-3-4-12-9-18-10-13(12)7-11/h3-4,7,14H,2,5-6,8-10,16H2,1H3. The fourth-order valence-corrected chi connectivity index (χ4v) is 3.00. The maximum absolute atomic E-state index is 6.34. The SMILES string of the molecule is COC1(CC(N)c2ccc3c(c2)COC3)CCC1. The van der Waals surface area contributed by atoms with E-state index in [1.807, 2.05) is 7.11 Å². The van der Waals surface area contributed by atoms with Gasteiger partial charge in [-0.1, -0.05) is 18.2 Å². The molecule has 0 radical (unpaired) electrons. The minimum Gasteiger partial charge on any atom is -0.378 e. The molecule has 1 fully saturated rings. The summed E-state index contributed by atoms with van der Waals surface area (Å²) in [6.45, 7) is 1.47. The van der Waals surface area contributed by atoms with Gasteiger partial charge in [-0.25, -0.2) is 0 Å². The molecule has 1 saturated carbocycles. The van der Waals surface area contributed by atoms with Crippen molar-refractivity contribution in [3.05, 3.63) is 34.9 Å². The van der Waals surface area contributed by atoms with Crippen molar-refractivity contribution in [1.29, 1.82) is 0 Å². The molecule has 0 spiro atoms. The molecule has 1 atom stereocenters. The van der Waals surface area contributed by atoms with E-state index in [9.17, 15) is 0 Å². The van der Waals surface area contributed by atoms with Gasteiger partial charge >= 0.3 is 0 Å². The number of methoxy groups -OCH3 is 1. The summed E-state index contributed by atoms with van der Waals surface area (Å²) in [7, 11) is 1.81. The number of ether oxygens (including phenoxy) is 2. The van der Waals surface area contributed by atoms with E-state index in [0.29, 0.717) is 0 Å². The average Bonchev–Trinajstić information content (AvgIpc) is 2.80. The van der Waals surface area contributed by atoms with Gasteiger partial charge in [-0.15, -0.1) is 0 Å². The fraction of sp³-hybridized carbons (Fsp3) is 0.600. The van der Waals surface area contributed by atoms with Gasteiger partial charge in [0.15, 0.2) is 0 Å². The van der Waals surface area contributed by atoms with Gasteiger partial charge in [0, 0.05) is 13.2 Å². The van der Waals surface area contributed by atoms with Crippen LogP contribution in [0.5, 0.6) is 0 Å². The van der Waals surface area contributed by atoms with Gasteiger partial charge in [-0.05, 0) is 42.4 Å². The summed E-state index contributed by atoms with van der Waals surface area (Å²) in [4.78, 5) is 0. The molecule has 1 aliphatic carbocycles. The third kappa shape index (κ3) is 2.07. The molecule has 1 heterocycles. The van der Waals surface area contributed by atoms with E-state index in [1.54, 1.807) is 0 Å². The second-order valence-corrected chi connectivity index (χ2v) is 5.57. The molecule has 3 nitrogen and oxygen atoms in total. The van der Waals surface area contributed by atoms with Crippen LogP contribution in [-0.4, -0.2) is 12.7 Å². The summed E-state index contributed by atoms with van der Waals surface area (Å²) in [6.07, 6.45) is 4.47. The molecular formula is C15H21NO2. The molecule has 0 amide bonds. The lowest BCUT2D eigenvalue weighted by molar-refractivity contribution is -0.0817. The first kappa shape index (κ1) is 12.2. The van der Waals surface area contributed by atoms with E-state index in [-0.39, 0.29) is 11.6 Å². The largest absolute Gasteiger partial charge is 0.378 e. The predicted octanol–water partition coefficient (Wildman–Crippen LogP) is 2.68. The van der Waals surface area contributed by atoms with E-state index in [2.05, 4.69) is 18.2 Å². The molecule has 18 heavy (non-hydrogen) atoms. The predicted molar refractivity (Wildman–Crippen MR) is 70.1 cm³/mol. The Bertz CT molecular complexity index is 435. The van der Waals surface area contributed by atoms with Crippen molar-refractivity contribution in [2.75, 3.05) is 7.11 Å². The smallest absolute Gasteiger partial charge is 0.0725 e. The minimum atomic E-state index is 0.0366. The summed E-state index contributed by atoms with van der Waals surface area (Å²) in [5.41, 5.74) is 10.2. The van der Waals surface area contributed by atoms with E-state index in [1.165, 1.54) is 23.1 Å². The lowest BCUT2D eigenvalue weighted by Gasteiger charge is -2.42. The second-order valence-electron chi connectivity index (χ2n) is 5.57. The topological polar surface area (TPSA) is 44.5 Å². The highest BCUT2D eigenvalue weighted by Gasteiger charge is 2.38. The summed E-state index contributed by atoms with van der Waals surface area (Å²) < 4.78 is 11.1. The summed E-state index contributed by atoms with van der Waals surface area (Å²) in [6, 6.07) is 6.56. The molecule has 0 bridgehead atoms. The number of nitrogens with two attached hydrogens (primary N) is 1. The molecule has 3 heteroatoms. The highest BCUT2D eigenvalue weighted by molar-refractivity contribution is 5.34. The lowest BCUT2D eigenvalue weighted by atomic mass is 9.75. The summed E-state index contributed by atoms with van der Waals surface area (Å²) >= 11 is 0. The van der Waals surface area contributed by atoms with Crippen LogP contribution in [0.25, 0.3) is 0 Å². The fourth-order valence-electron chi connectivity index (χ4n) is 3.00. The van der Waals surface area contributed by atoms with Crippen molar-refractivity contribution in [3.8, 4) is 0 Å². The molecule has 2 aliphatic rings. The van der Waals surface area contributed by atoms with Crippen molar-refractivity contribution < 1.29 is 9.47 Å². The van der Waals surface area contributed by atoms with Crippen molar-refractivity contribution in [2.45, 2.75) is 50.5 Å². The van der Waals surface area contributed by atoms with Crippen LogP contribution in [-0.2, 0) is 22.7 Å². The Morgan fingerprint density at radius 3 is 2.78 bits per heavy atom. The van der Waals surface area contributed by atoms with Crippen molar-refractivity contribution in [1.82, 2.24) is 0 Å². The quantitative estimate of drug-likeness (QED) is 0.889. The molecular weight excluding hydrogens is 226 g/mol. The van der Waals surface area contributed by atoms with Gasteiger partial charge in [0.1, 0.15) is 0 Å². The highest BCUT2D eigenvalue weighted by atomic mass is 16.5. The number of fused-ring (bicyclic) bond motifs is 1. The highest BCUT2D eigenvalue weighted by Crippen LogP contribution is 2.41. The second kappa shape index (κ2) is 4.65. The molecule has 1 unspecified atom stereocenters. The van der Waals surface area contributed by atoms with Crippen LogP contribution in [0, 0.1) is 0 Å². The summed E-state index contributed by atoms with van der Waals surface area (Å²) in [5.74, 6) is 0. The zero-order chi connectivity index (χ0) is 12.6. The van der Waals surface area contributed by atoms with E-state index in [0.717, 1.165) is 32.5 Å². The van der Waals surface area contributed by atoms with Gasteiger partial charge < -0.3 is 15.2 Å². The van der Waals surface area contributed by atoms with Gasteiger partial charge in [-0.2, -0.15) is 0 Å². The average molecular weight is 247 g/mol. The van der Waals surface area contributed by atoms with Crippen molar-refractivity contribution in [3.63, 3.8) is 0 Å². The third-order valence-electron chi connectivity index (χ3n) is 4.46. The van der Waals surface area contributed by atoms with Crippen LogP contribution < -0.4 is 5.73 Å². The monoisotopic (exact) mass is 247 g/mol. The van der Waals surface area contributed by atoms with Crippen LogP contribution >= 0.6 is 0 Å². The number of benzene rings is 1. The Morgan fingerprint density at radius 2 is 2.11 bits per heavy atom. The first-order valence-corrected chi connectivity index (χ1v) is 6.73. The number of hydrogen-bond donors (Lipinski definition) is 1. The molecule has 1 aliphatic heterocycles. The van der Waals surface area contributed by atoms with Crippen LogP contribution in [0.1, 0.15) is 48.4 Å². The zero-order valence-corrected chi connectivity index (χ0v) is 10.9. The molecule has 1 aromatic rings. The van der Waals surface area contributed by atoms with Gasteiger partial charge in [0.25, 0.3) is 0 Å². The Balaban J connectivity index is 1.74. The van der Waals surface area contributed by atoms with Crippen LogP contribution in [0.2, 0.25) is 0 Å². The van der Waals surface area contributed by atoms with Gasteiger partial charge in [0.2, 0.25) is 0 Å². The maximum Gasteiger partial charge on any atom is 0.0725 e. The molecule has 2 N–H and O–H groups in total. The minimum absolute atomic E-state index is 0.0366. The maximum atomic E-state index is 6.34.